The van der Waals surface area contributed by atoms with Crippen LogP contribution in [0.4, 0.5) is 10.6 Å². The third-order valence-electron chi connectivity index (χ3n) is 4.63. The van der Waals surface area contributed by atoms with Crippen LogP contribution in [0.25, 0.3) is 21.8 Å². The third kappa shape index (κ3) is 3.65. The maximum atomic E-state index is 12.1. The number of aromatic amines is 1. The second kappa shape index (κ2) is 6.68. The molecule has 27 heavy (non-hydrogen) atoms. The summed E-state index contributed by atoms with van der Waals surface area (Å²) < 4.78 is 5.39. The van der Waals surface area contributed by atoms with Gasteiger partial charge in [-0.05, 0) is 39.7 Å². The maximum Gasteiger partial charge on any atom is 0.407 e. The first-order valence-electron chi connectivity index (χ1n) is 9.23. The first kappa shape index (κ1) is 17.5. The predicted octanol–water partition coefficient (Wildman–Crippen LogP) is 3.00. The van der Waals surface area contributed by atoms with Crippen molar-refractivity contribution in [3.05, 3.63) is 24.7 Å². The van der Waals surface area contributed by atoms with Crippen molar-refractivity contribution in [2.75, 3.05) is 18.0 Å². The quantitative estimate of drug-likeness (QED) is 0.722. The van der Waals surface area contributed by atoms with Gasteiger partial charge in [0.2, 0.25) is 0 Å². The minimum atomic E-state index is -0.508. The number of hydrogen-bond acceptors (Lipinski definition) is 6. The Balaban J connectivity index is 1.60. The van der Waals surface area contributed by atoms with Gasteiger partial charge in [0.1, 0.15) is 11.2 Å². The zero-order valence-electron chi connectivity index (χ0n) is 15.8. The highest BCUT2D eigenvalue weighted by molar-refractivity contribution is 6.09. The normalized spacial score (nSPS) is 18.0. The molecule has 1 amide bonds. The molecule has 0 aliphatic carbocycles. The molecule has 8 heteroatoms. The van der Waals surface area contributed by atoms with E-state index in [9.17, 15) is 4.79 Å². The van der Waals surface area contributed by atoms with Crippen LogP contribution in [0.1, 0.15) is 33.6 Å². The van der Waals surface area contributed by atoms with E-state index in [1.165, 1.54) is 0 Å². The Hall–Kier alpha value is -2.90. The lowest BCUT2D eigenvalue weighted by molar-refractivity contribution is 0.0500. The summed E-state index contributed by atoms with van der Waals surface area (Å²) in [7, 11) is 0. The average molecular weight is 368 g/mol. The molecule has 1 aliphatic rings. The summed E-state index contributed by atoms with van der Waals surface area (Å²) in [4.78, 5) is 21.9. The number of alkyl carbamates (subject to hydrolysis) is 1. The molecule has 3 aromatic rings. The number of pyridine rings is 1. The standard InChI is InChI=1S/C19H24N6O2/c1-19(2,3)27-18(26)23-13-5-4-8-25(11-13)17-15-12(10-22-24-17)9-21-16-14(15)6-7-20-16/h6-7,9-10,13H,4-5,8,11H2,1-3H3,(H,20,21)(H,23,26). The van der Waals surface area contributed by atoms with E-state index in [1.807, 2.05) is 39.2 Å². The van der Waals surface area contributed by atoms with Gasteiger partial charge in [0, 0.05) is 47.7 Å². The van der Waals surface area contributed by atoms with Crippen molar-refractivity contribution < 1.29 is 9.53 Å². The van der Waals surface area contributed by atoms with Crippen LogP contribution in [-0.2, 0) is 4.74 Å². The lowest BCUT2D eigenvalue weighted by atomic mass is 10.0. The molecule has 1 unspecified atom stereocenters. The smallest absolute Gasteiger partial charge is 0.407 e. The lowest BCUT2D eigenvalue weighted by Crippen LogP contribution is -2.49. The van der Waals surface area contributed by atoms with Crippen LogP contribution in [0.2, 0.25) is 0 Å². The van der Waals surface area contributed by atoms with Gasteiger partial charge < -0.3 is 19.9 Å². The summed E-state index contributed by atoms with van der Waals surface area (Å²) in [5, 5.41) is 14.6. The summed E-state index contributed by atoms with van der Waals surface area (Å²) in [6.07, 6.45) is 6.92. The first-order chi connectivity index (χ1) is 12.9. The highest BCUT2D eigenvalue weighted by atomic mass is 16.6. The largest absolute Gasteiger partial charge is 0.444 e. The minimum Gasteiger partial charge on any atom is -0.444 e. The van der Waals surface area contributed by atoms with E-state index in [-0.39, 0.29) is 12.1 Å². The van der Waals surface area contributed by atoms with Crippen molar-refractivity contribution in [3.8, 4) is 0 Å². The summed E-state index contributed by atoms with van der Waals surface area (Å²) in [6.45, 7) is 7.13. The Morgan fingerprint density at radius 2 is 2.22 bits per heavy atom. The number of nitrogens with one attached hydrogen (secondary N) is 2. The van der Waals surface area contributed by atoms with Gasteiger partial charge in [0.05, 0.1) is 6.20 Å². The van der Waals surface area contributed by atoms with Crippen LogP contribution in [0, 0.1) is 0 Å². The SMILES string of the molecule is CC(C)(C)OC(=O)NC1CCCN(c2nncc3cnc4[nH]ccc4c23)C1. The number of fused-ring (bicyclic) bond motifs is 3. The molecular formula is C19H24N6O2. The molecule has 1 saturated heterocycles. The summed E-state index contributed by atoms with van der Waals surface area (Å²) in [5.74, 6) is 0.829. The van der Waals surface area contributed by atoms with Crippen molar-refractivity contribution in [2.45, 2.75) is 45.3 Å². The third-order valence-corrected chi connectivity index (χ3v) is 4.63. The van der Waals surface area contributed by atoms with Gasteiger partial charge in [-0.25, -0.2) is 9.78 Å². The van der Waals surface area contributed by atoms with Gasteiger partial charge in [-0.15, -0.1) is 5.10 Å². The van der Waals surface area contributed by atoms with E-state index in [4.69, 9.17) is 4.74 Å². The maximum absolute atomic E-state index is 12.1. The van der Waals surface area contributed by atoms with Crippen LogP contribution in [0.5, 0.6) is 0 Å². The molecule has 1 atom stereocenters. The van der Waals surface area contributed by atoms with E-state index in [2.05, 4.69) is 30.4 Å². The number of anilines is 1. The van der Waals surface area contributed by atoms with Gasteiger partial charge in [-0.1, -0.05) is 0 Å². The molecule has 4 heterocycles. The summed E-state index contributed by atoms with van der Waals surface area (Å²) in [5.41, 5.74) is 0.323. The van der Waals surface area contributed by atoms with Gasteiger partial charge in [0.25, 0.3) is 0 Å². The number of piperidine rings is 1. The van der Waals surface area contributed by atoms with Crippen LogP contribution in [-0.4, -0.2) is 51.0 Å². The number of amides is 1. The molecule has 0 radical (unpaired) electrons. The monoisotopic (exact) mass is 368 g/mol. The van der Waals surface area contributed by atoms with Crippen molar-refractivity contribution >= 4 is 33.7 Å². The number of rotatable bonds is 2. The molecule has 8 nitrogen and oxygen atoms in total. The Morgan fingerprint density at radius 1 is 1.37 bits per heavy atom. The van der Waals surface area contributed by atoms with Gasteiger partial charge in [0.15, 0.2) is 5.82 Å². The van der Waals surface area contributed by atoms with Crippen LogP contribution in [0.3, 0.4) is 0 Å². The summed E-state index contributed by atoms with van der Waals surface area (Å²) >= 11 is 0. The number of aromatic nitrogens is 4. The van der Waals surface area contributed by atoms with Crippen LogP contribution in [0.15, 0.2) is 24.7 Å². The molecular weight excluding hydrogens is 344 g/mol. The van der Waals surface area contributed by atoms with Gasteiger partial charge in [-0.2, -0.15) is 5.10 Å². The van der Waals surface area contributed by atoms with Crippen molar-refractivity contribution in [1.29, 1.82) is 0 Å². The van der Waals surface area contributed by atoms with Crippen LogP contribution < -0.4 is 10.2 Å². The predicted molar refractivity (Wildman–Crippen MR) is 104 cm³/mol. The number of carbonyl (C=O) groups excluding carboxylic acids is 1. The van der Waals surface area contributed by atoms with E-state index in [0.717, 1.165) is 47.0 Å². The Labute approximate surface area is 157 Å². The average Bonchev–Trinajstić information content (AvgIpc) is 3.08. The molecule has 142 valence electrons. The number of nitrogens with zero attached hydrogens (tertiary/aromatic N) is 4. The topological polar surface area (TPSA) is 96.0 Å². The van der Waals surface area contributed by atoms with Crippen molar-refractivity contribution in [1.82, 2.24) is 25.5 Å². The molecule has 3 aromatic heterocycles. The number of hydrogen-bond donors (Lipinski definition) is 2. The molecule has 2 N–H and O–H groups in total. The highest BCUT2D eigenvalue weighted by Gasteiger charge is 2.26. The molecule has 1 fully saturated rings. The van der Waals surface area contributed by atoms with Crippen LogP contribution >= 0.6 is 0 Å². The fourth-order valence-electron chi connectivity index (χ4n) is 3.55. The lowest BCUT2D eigenvalue weighted by Gasteiger charge is -2.34. The second-order valence-electron chi connectivity index (χ2n) is 7.93. The van der Waals surface area contributed by atoms with Gasteiger partial charge >= 0.3 is 6.09 Å². The second-order valence-corrected chi connectivity index (χ2v) is 7.93. The molecule has 0 spiro atoms. The fourth-order valence-corrected chi connectivity index (χ4v) is 3.55. The Bertz CT molecular complexity index is 977. The van der Waals surface area contributed by atoms with E-state index >= 15 is 0 Å². The number of H-pyrrole nitrogens is 1. The number of ether oxygens (including phenoxy) is 1. The van der Waals surface area contributed by atoms with E-state index in [1.54, 1.807) is 6.20 Å². The van der Waals surface area contributed by atoms with E-state index in [0.29, 0.717) is 6.54 Å². The first-order valence-corrected chi connectivity index (χ1v) is 9.23. The summed E-state index contributed by atoms with van der Waals surface area (Å²) in [6, 6.07) is 2.02. The molecule has 0 aromatic carbocycles. The zero-order chi connectivity index (χ0) is 19.0. The molecule has 4 rings (SSSR count). The fraction of sp³-hybridized carbons (Fsp3) is 0.474. The zero-order valence-corrected chi connectivity index (χ0v) is 15.8. The molecule has 0 bridgehead atoms. The minimum absolute atomic E-state index is 0.00853. The highest BCUT2D eigenvalue weighted by Crippen LogP contribution is 2.31. The van der Waals surface area contributed by atoms with Gasteiger partial charge in [-0.3, -0.25) is 0 Å². The Kier molecular flexibility index (Phi) is 4.33. The van der Waals surface area contributed by atoms with Crippen molar-refractivity contribution in [2.24, 2.45) is 0 Å². The molecule has 0 saturated carbocycles. The molecule has 1 aliphatic heterocycles. The van der Waals surface area contributed by atoms with E-state index < -0.39 is 5.60 Å². The Morgan fingerprint density at radius 3 is 3.04 bits per heavy atom. The number of carbonyl (C=O) groups is 1. The van der Waals surface area contributed by atoms with Crippen molar-refractivity contribution in [3.63, 3.8) is 0 Å².